The SMILES string of the molecule is Cc1ccc(NC(=O)CSc2nnc(Cc3c(C)[nH]c(=O)n(C)c3=O)o2)c(C)c1. The first-order valence-electron chi connectivity index (χ1n) is 8.85. The number of H-pyrrole nitrogens is 1. The number of benzene rings is 1. The summed E-state index contributed by atoms with van der Waals surface area (Å²) in [4.78, 5) is 38.6. The zero-order valence-electron chi connectivity index (χ0n) is 16.5. The third-order valence-electron chi connectivity index (χ3n) is 4.37. The summed E-state index contributed by atoms with van der Waals surface area (Å²) >= 11 is 1.11. The van der Waals surface area contributed by atoms with Crippen molar-refractivity contribution in [1.29, 1.82) is 0 Å². The van der Waals surface area contributed by atoms with E-state index in [1.807, 2.05) is 32.0 Å². The number of nitrogens with zero attached hydrogens (tertiary/aromatic N) is 3. The fourth-order valence-corrected chi connectivity index (χ4v) is 3.35. The van der Waals surface area contributed by atoms with Crippen LogP contribution in [0.5, 0.6) is 0 Å². The van der Waals surface area contributed by atoms with Crippen LogP contribution in [0.4, 0.5) is 5.69 Å². The summed E-state index contributed by atoms with van der Waals surface area (Å²) in [7, 11) is 1.40. The van der Waals surface area contributed by atoms with Crippen LogP contribution in [-0.4, -0.2) is 31.4 Å². The van der Waals surface area contributed by atoms with Crippen molar-refractivity contribution in [3.8, 4) is 0 Å². The lowest BCUT2D eigenvalue weighted by Crippen LogP contribution is -2.36. The lowest BCUT2D eigenvalue weighted by molar-refractivity contribution is -0.113. The number of aromatic nitrogens is 4. The number of hydrogen-bond acceptors (Lipinski definition) is 7. The first-order valence-corrected chi connectivity index (χ1v) is 9.84. The van der Waals surface area contributed by atoms with Crippen LogP contribution in [0.15, 0.2) is 37.4 Å². The molecule has 0 aliphatic rings. The molecule has 152 valence electrons. The molecule has 3 aromatic rings. The summed E-state index contributed by atoms with van der Waals surface area (Å²) in [5, 5.41) is 10.9. The molecule has 2 aromatic heterocycles. The van der Waals surface area contributed by atoms with Crippen molar-refractivity contribution >= 4 is 23.4 Å². The standard InChI is InChI=1S/C19H21N5O4S/c1-10-5-6-14(11(2)7-10)21-15(25)9-29-19-23-22-16(28-19)8-13-12(3)20-18(27)24(4)17(13)26/h5-7H,8-9H2,1-4H3,(H,20,27)(H,21,25). The van der Waals surface area contributed by atoms with Crippen molar-refractivity contribution in [2.75, 3.05) is 11.1 Å². The van der Waals surface area contributed by atoms with Gasteiger partial charge in [0.2, 0.25) is 11.8 Å². The Labute approximate surface area is 170 Å². The molecule has 0 radical (unpaired) electrons. The van der Waals surface area contributed by atoms with Crippen LogP contribution in [0, 0.1) is 20.8 Å². The maximum atomic E-state index is 12.3. The molecule has 29 heavy (non-hydrogen) atoms. The molecule has 9 nitrogen and oxygen atoms in total. The van der Waals surface area contributed by atoms with Gasteiger partial charge < -0.3 is 14.7 Å². The van der Waals surface area contributed by atoms with Crippen molar-refractivity contribution in [2.24, 2.45) is 7.05 Å². The minimum Gasteiger partial charge on any atom is -0.416 e. The van der Waals surface area contributed by atoms with Crippen LogP contribution < -0.4 is 16.6 Å². The minimum atomic E-state index is -0.479. The fourth-order valence-electron chi connectivity index (χ4n) is 2.77. The number of nitrogens with one attached hydrogen (secondary N) is 2. The zero-order valence-corrected chi connectivity index (χ0v) is 17.3. The minimum absolute atomic E-state index is 0.0948. The van der Waals surface area contributed by atoms with E-state index in [2.05, 4.69) is 20.5 Å². The van der Waals surface area contributed by atoms with Crippen LogP contribution >= 0.6 is 11.8 Å². The summed E-state index contributed by atoms with van der Waals surface area (Å²) in [6.07, 6.45) is 0.0948. The molecule has 0 aliphatic carbocycles. The van der Waals surface area contributed by atoms with Gasteiger partial charge in [-0.05, 0) is 32.4 Å². The zero-order chi connectivity index (χ0) is 21.1. The molecule has 3 rings (SSSR count). The van der Waals surface area contributed by atoms with Gasteiger partial charge in [0.25, 0.3) is 10.8 Å². The van der Waals surface area contributed by atoms with Gasteiger partial charge in [-0.15, -0.1) is 10.2 Å². The Hall–Kier alpha value is -3.14. The Kier molecular flexibility index (Phi) is 6.02. The highest BCUT2D eigenvalue weighted by atomic mass is 32.2. The Morgan fingerprint density at radius 2 is 2.00 bits per heavy atom. The third-order valence-corrected chi connectivity index (χ3v) is 5.19. The topological polar surface area (TPSA) is 123 Å². The van der Waals surface area contributed by atoms with E-state index in [1.165, 1.54) is 7.05 Å². The quantitative estimate of drug-likeness (QED) is 0.588. The highest BCUT2D eigenvalue weighted by Crippen LogP contribution is 2.20. The van der Waals surface area contributed by atoms with E-state index in [-0.39, 0.29) is 29.2 Å². The maximum Gasteiger partial charge on any atom is 0.328 e. The fraction of sp³-hybridized carbons (Fsp3) is 0.316. The van der Waals surface area contributed by atoms with Crippen LogP contribution in [0.1, 0.15) is 28.3 Å². The second-order valence-electron chi connectivity index (χ2n) is 6.69. The Bertz CT molecular complexity index is 1180. The first-order chi connectivity index (χ1) is 13.7. The van der Waals surface area contributed by atoms with E-state index >= 15 is 0 Å². The van der Waals surface area contributed by atoms with Gasteiger partial charge in [-0.3, -0.25) is 14.2 Å². The molecule has 2 heterocycles. The largest absolute Gasteiger partial charge is 0.416 e. The average molecular weight is 415 g/mol. The second kappa shape index (κ2) is 8.48. The van der Waals surface area contributed by atoms with Gasteiger partial charge in [-0.2, -0.15) is 0 Å². The van der Waals surface area contributed by atoms with Crippen molar-refractivity contribution in [3.63, 3.8) is 0 Å². The van der Waals surface area contributed by atoms with Crippen LogP contribution in [0.3, 0.4) is 0 Å². The van der Waals surface area contributed by atoms with E-state index in [0.717, 1.165) is 33.1 Å². The van der Waals surface area contributed by atoms with Crippen LogP contribution in [0.2, 0.25) is 0 Å². The predicted octanol–water partition coefficient (Wildman–Crippen LogP) is 1.70. The van der Waals surface area contributed by atoms with Crippen LogP contribution in [0.25, 0.3) is 0 Å². The predicted molar refractivity (Wildman–Crippen MR) is 109 cm³/mol. The number of anilines is 1. The van der Waals surface area contributed by atoms with E-state index < -0.39 is 11.2 Å². The van der Waals surface area contributed by atoms with Gasteiger partial charge in [0.1, 0.15) is 0 Å². The van der Waals surface area contributed by atoms with Gasteiger partial charge in [0.15, 0.2) is 0 Å². The smallest absolute Gasteiger partial charge is 0.328 e. The molecule has 1 aromatic carbocycles. The van der Waals surface area contributed by atoms with Crippen molar-refractivity contribution in [1.82, 2.24) is 19.7 Å². The highest BCUT2D eigenvalue weighted by molar-refractivity contribution is 7.99. The van der Waals surface area contributed by atoms with Crippen molar-refractivity contribution in [2.45, 2.75) is 32.4 Å². The Balaban J connectivity index is 1.62. The van der Waals surface area contributed by atoms with Crippen molar-refractivity contribution < 1.29 is 9.21 Å². The molecular weight excluding hydrogens is 394 g/mol. The van der Waals surface area contributed by atoms with Gasteiger partial charge >= 0.3 is 5.69 Å². The number of thioether (sulfide) groups is 1. The third kappa shape index (κ3) is 4.83. The number of carbonyl (C=O) groups is 1. The molecule has 0 spiro atoms. The van der Waals surface area contributed by atoms with Crippen molar-refractivity contribution in [3.05, 3.63) is 67.3 Å². The number of amides is 1. The number of aryl methyl sites for hydroxylation is 3. The van der Waals surface area contributed by atoms with Gasteiger partial charge in [0, 0.05) is 24.0 Å². The van der Waals surface area contributed by atoms with E-state index in [0.29, 0.717) is 11.3 Å². The molecule has 0 saturated heterocycles. The molecular formula is C19H21N5O4S. The molecule has 0 unspecified atom stereocenters. The van der Waals surface area contributed by atoms with Gasteiger partial charge in [0.05, 0.1) is 12.2 Å². The maximum absolute atomic E-state index is 12.3. The summed E-state index contributed by atoms with van der Waals surface area (Å²) < 4.78 is 6.52. The number of carbonyl (C=O) groups excluding carboxylic acids is 1. The van der Waals surface area contributed by atoms with Gasteiger partial charge in [-0.1, -0.05) is 29.5 Å². The number of hydrogen-bond donors (Lipinski definition) is 2. The number of rotatable bonds is 6. The molecule has 0 aliphatic heterocycles. The van der Waals surface area contributed by atoms with E-state index in [1.54, 1.807) is 6.92 Å². The lowest BCUT2D eigenvalue weighted by atomic mass is 10.1. The molecule has 0 bridgehead atoms. The lowest BCUT2D eigenvalue weighted by Gasteiger charge is -2.08. The molecule has 2 N–H and O–H groups in total. The summed E-state index contributed by atoms with van der Waals surface area (Å²) in [5.74, 6) is 0.149. The summed E-state index contributed by atoms with van der Waals surface area (Å²) in [6.45, 7) is 5.57. The molecule has 10 heteroatoms. The highest BCUT2D eigenvalue weighted by Gasteiger charge is 2.15. The normalized spacial score (nSPS) is 10.9. The van der Waals surface area contributed by atoms with E-state index in [9.17, 15) is 14.4 Å². The molecule has 1 amide bonds. The molecule has 0 saturated carbocycles. The van der Waals surface area contributed by atoms with E-state index in [4.69, 9.17) is 4.42 Å². The molecule has 0 atom stereocenters. The van der Waals surface area contributed by atoms with Gasteiger partial charge in [-0.25, -0.2) is 4.79 Å². The molecule has 0 fully saturated rings. The monoisotopic (exact) mass is 415 g/mol. The summed E-state index contributed by atoms with van der Waals surface area (Å²) in [6, 6.07) is 5.80. The second-order valence-corrected chi connectivity index (χ2v) is 7.62. The van der Waals surface area contributed by atoms with Crippen LogP contribution in [-0.2, 0) is 18.3 Å². The average Bonchev–Trinajstić information content (AvgIpc) is 3.12. The Morgan fingerprint density at radius 3 is 2.72 bits per heavy atom. The summed E-state index contributed by atoms with van der Waals surface area (Å²) in [5.41, 5.74) is 2.82. The first kappa shape index (κ1) is 20.6. The Morgan fingerprint density at radius 1 is 1.24 bits per heavy atom. The number of aromatic amines is 1.